The molecule has 2 rings (SSSR count). The van der Waals surface area contributed by atoms with Crippen LogP contribution in [0, 0.1) is 11.8 Å². The van der Waals surface area contributed by atoms with Crippen molar-refractivity contribution in [2.24, 2.45) is 11.8 Å². The minimum absolute atomic E-state index is 0.278. The van der Waals surface area contributed by atoms with Crippen LogP contribution in [0.1, 0.15) is 19.3 Å². The van der Waals surface area contributed by atoms with Crippen LogP contribution in [-0.4, -0.2) is 12.3 Å². The van der Waals surface area contributed by atoms with Crippen molar-refractivity contribution in [3.05, 3.63) is 12.3 Å². The highest BCUT2D eigenvalue weighted by Gasteiger charge is 2.32. The quantitative estimate of drug-likeness (QED) is 0.568. The van der Waals surface area contributed by atoms with Gasteiger partial charge in [-0.25, -0.2) is 0 Å². The van der Waals surface area contributed by atoms with Crippen LogP contribution in [0.4, 0.5) is 0 Å². The van der Waals surface area contributed by atoms with Crippen LogP contribution >= 0.6 is 0 Å². The molecular weight excluding hydrogens is 138 g/mol. The van der Waals surface area contributed by atoms with Gasteiger partial charge in [-0.15, -0.1) is 0 Å². The molecule has 1 heterocycles. The molecule has 11 heavy (non-hydrogen) atoms. The normalized spacial score (nSPS) is 41.3. The average Bonchev–Trinajstić information content (AvgIpc) is 2.50. The van der Waals surface area contributed by atoms with Crippen LogP contribution in [-0.2, 0) is 4.79 Å². The Morgan fingerprint density at radius 2 is 2.36 bits per heavy atom. The van der Waals surface area contributed by atoms with Crippen LogP contribution in [0.5, 0.6) is 0 Å². The molecule has 0 bridgehead atoms. The Bertz CT molecular complexity index is 188. The minimum atomic E-state index is 0.278. The minimum Gasteiger partial charge on any atom is -0.388 e. The molecule has 0 radical (unpaired) electrons. The first-order valence-corrected chi connectivity index (χ1v) is 4.30. The molecule has 1 N–H and O–H groups in total. The van der Waals surface area contributed by atoms with Gasteiger partial charge in [0, 0.05) is 17.9 Å². The molecule has 3 unspecified atom stereocenters. The summed E-state index contributed by atoms with van der Waals surface area (Å²) >= 11 is 0. The van der Waals surface area contributed by atoms with Crippen LogP contribution in [0.15, 0.2) is 12.3 Å². The van der Waals surface area contributed by atoms with Gasteiger partial charge in [0.15, 0.2) is 0 Å². The summed E-state index contributed by atoms with van der Waals surface area (Å²) in [5, 5.41) is 3.28. The molecule has 1 aliphatic carbocycles. The van der Waals surface area contributed by atoms with Gasteiger partial charge in [-0.05, 0) is 19.0 Å². The fraction of sp³-hybridized carbons (Fsp3) is 0.667. The van der Waals surface area contributed by atoms with Crippen molar-refractivity contribution in [1.29, 1.82) is 0 Å². The molecule has 0 saturated heterocycles. The predicted molar refractivity (Wildman–Crippen MR) is 43.0 cm³/mol. The molecule has 60 valence electrons. The molecule has 0 aromatic carbocycles. The van der Waals surface area contributed by atoms with E-state index in [2.05, 4.69) is 11.4 Å². The Balaban J connectivity index is 2.11. The Kier molecular flexibility index (Phi) is 1.68. The lowest BCUT2D eigenvalue weighted by Crippen LogP contribution is -2.35. The second-order valence-electron chi connectivity index (χ2n) is 3.44. The fourth-order valence-corrected chi connectivity index (χ4v) is 2.18. The summed E-state index contributed by atoms with van der Waals surface area (Å²) in [5.74, 6) is 0.765. The number of hydrogen-bond donors (Lipinski definition) is 1. The van der Waals surface area contributed by atoms with Gasteiger partial charge in [-0.3, -0.25) is 0 Å². The third-order valence-electron chi connectivity index (χ3n) is 2.82. The largest absolute Gasteiger partial charge is 0.388 e. The number of nitrogens with one attached hydrogen (secondary N) is 1. The Morgan fingerprint density at radius 3 is 3.18 bits per heavy atom. The van der Waals surface area contributed by atoms with E-state index in [0.29, 0.717) is 12.0 Å². The highest BCUT2D eigenvalue weighted by atomic mass is 16.1. The molecule has 3 atom stereocenters. The predicted octanol–water partition coefficient (Wildman–Crippen LogP) is 1.09. The number of rotatable bonds is 1. The molecule has 0 aromatic rings. The fourth-order valence-electron chi connectivity index (χ4n) is 2.18. The number of carbonyl (C=O) groups excluding carboxylic acids is 1. The second-order valence-corrected chi connectivity index (χ2v) is 3.44. The smallest absolute Gasteiger partial charge is 0.123 e. The van der Waals surface area contributed by atoms with Crippen LogP contribution < -0.4 is 5.32 Å². The highest BCUT2D eigenvalue weighted by Crippen LogP contribution is 2.32. The summed E-state index contributed by atoms with van der Waals surface area (Å²) in [6, 6.07) is 0.555. The molecule has 2 aliphatic rings. The maximum Gasteiger partial charge on any atom is 0.123 e. The van der Waals surface area contributed by atoms with Crippen molar-refractivity contribution >= 4 is 6.29 Å². The standard InChI is InChI=1S/C9H13NO/c11-6-7-2-1-3-9-8(7)4-5-10-9/h4-10H,1-3H2. The van der Waals surface area contributed by atoms with Crippen LogP contribution in [0.3, 0.4) is 0 Å². The lowest BCUT2D eigenvalue weighted by atomic mass is 9.78. The average molecular weight is 151 g/mol. The monoisotopic (exact) mass is 151 g/mol. The van der Waals surface area contributed by atoms with E-state index in [9.17, 15) is 4.79 Å². The van der Waals surface area contributed by atoms with Gasteiger partial charge < -0.3 is 10.1 Å². The van der Waals surface area contributed by atoms with Gasteiger partial charge in [0.2, 0.25) is 0 Å². The van der Waals surface area contributed by atoms with Crippen molar-refractivity contribution < 1.29 is 4.79 Å². The molecule has 2 heteroatoms. The highest BCUT2D eigenvalue weighted by molar-refractivity contribution is 5.55. The molecule has 0 amide bonds. The number of hydrogen-bond acceptors (Lipinski definition) is 2. The maximum absolute atomic E-state index is 10.6. The summed E-state index contributed by atoms with van der Waals surface area (Å²) < 4.78 is 0. The molecule has 0 spiro atoms. The van der Waals surface area contributed by atoms with Crippen LogP contribution in [0.25, 0.3) is 0 Å². The molecule has 1 saturated carbocycles. The third-order valence-corrected chi connectivity index (χ3v) is 2.82. The number of carbonyl (C=O) groups is 1. The van der Waals surface area contributed by atoms with E-state index in [-0.39, 0.29) is 5.92 Å². The van der Waals surface area contributed by atoms with E-state index in [1.165, 1.54) is 12.8 Å². The first kappa shape index (κ1) is 6.89. The zero-order valence-electron chi connectivity index (χ0n) is 6.49. The van der Waals surface area contributed by atoms with Crippen molar-refractivity contribution in [2.45, 2.75) is 25.3 Å². The summed E-state index contributed by atoms with van der Waals surface area (Å²) in [5.41, 5.74) is 0. The zero-order chi connectivity index (χ0) is 7.68. The summed E-state index contributed by atoms with van der Waals surface area (Å²) in [6.07, 6.45) is 8.76. The number of aldehydes is 1. The molecule has 1 aliphatic heterocycles. The van der Waals surface area contributed by atoms with Gasteiger partial charge in [-0.2, -0.15) is 0 Å². The lowest BCUT2D eigenvalue weighted by Gasteiger charge is -2.29. The number of fused-ring (bicyclic) bond motifs is 1. The SMILES string of the molecule is O=CC1CCCC2NC=CC12. The van der Waals surface area contributed by atoms with Gasteiger partial charge in [0.05, 0.1) is 0 Å². The van der Waals surface area contributed by atoms with Gasteiger partial charge in [0.1, 0.15) is 6.29 Å². The summed E-state index contributed by atoms with van der Waals surface area (Å²) in [6.45, 7) is 0. The van der Waals surface area contributed by atoms with Crippen molar-refractivity contribution in [1.82, 2.24) is 5.32 Å². The summed E-state index contributed by atoms with van der Waals surface area (Å²) in [4.78, 5) is 10.6. The van der Waals surface area contributed by atoms with E-state index in [0.717, 1.165) is 12.7 Å². The van der Waals surface area contributed by atoms with Crippen LogP contribution in [0.2, 0.25) is 0 Å². The lowest BCUT2D eigenvalue weighted by molar-refractivity contribution is -0.113. The topological polar surface area (TPSA) is 29.1 Å². The van der Waals surface area contributed by atoms with Crippen molar-refractivity contribution in [2.75, 3.05) is 0 Å². The summed E-state index contributed by atoms with van der Waals surface area (Å²) in [7, 11) is 0. The van der Waals surface area contributed by atoms with Crippen molar-refractivity contribution in [3.8, 4) is 0 Å². The third kappa shape index (κ3) is 1.06. The maximum atomic E-state index is 10.6. The van der Waals surface area contributed by atoms with E-state index in [1.807, 2.05) is 6.20 Å². The van der Waals surface area contributed by atoms with E-state index in [4.69, 9.17) is 0 Å². The Hall–Kier alpha value is -0.790. The van der Waals surface area contributed by atoms with Gasteiger partial charge in [-0.1, -0.05) is 12.5 Å². The van der Waals surface area contributed by atoms with Crippen molar-refractivity contribution in [3.63, 3.8) is 0 Å². The molecule has 1 fully saturated rings. The second kappa shape index (κ2) is 2.68. The first-order valence-electron chi connectivity index (χ1n) is 4.30. The zero-order valence-corrected chi connectivity index (χ0v) is 6.49. The van der Waals surface area contributed by atoms with Gasteiger partial charge in [0.25, 0.3) is 0 Å². The van der Waals surface area contributed by atoms with E-state index in [1.54, 1.807) is 0 Å². The molecular formula is C9H13NO. The Labute approximate surface area is 66.7 Å². The van der Waals surface area contributed by atoms with E-state index >= 15 is 0 Å². The van der Waals surface area contributed by atoms with E-state index < -0.39 is 0 Å². The molecule has 2 nitrogen and oxygen atoms in total. The molecule has 0 aromatic heterocycles. The van der Waals surface area contributed by atoms with Gasteiger partial charge >= 0.3 is 0 Å². The Morgan fingerprint density at radius 1 is 1.45 bits per heavy atom. The first-order chi connectivity index (χ1) is 5.42.